The van der Waals surface area contributed by atoms with Gasteiger partial charge in [-0.1, -0.05) is 40.2 Å². The van der Waals surface area contributed by atoms with Gasteiger partial charge in [0, 0.05) is 23.4 Å². The molecule has 0 aromatic heterocycles. The van der Waals surface area contributed by atoms with E-state index in [0.29, 0.717) is 12.4 Å². The molecule has 2 rings (SSSR count). The summed E-state index contributed by atoms with van der Waals surface area (Å²) >= 11 is 9.08. The minimum atomic E-state index is -0.227. The van der Waals surface area contributed by atoms with Crippen LogP contribution in [0.1, 0.15) is 16.7 Å². The van der Waals surface area contributed by atoms with E-state index >= 15 is 0 Å². The molecular weight excluding hydrogens is 329 g/mol. The molecular formula is C15H14BrClFN. The molecule has 0 aliphatic heterocycles. The van der Waals surface area contributed by atoms with Gasteiger partial charge in [0.25, 0.3) is 0 Å². The number of nitrogens with one attached hydrogen (secondary N) is 1. The Balaban J connectivity index is 1.92. The van der Waals surface area contributed by atoms with Gasteiger partial charge in [0.1, 0.15) is 5.82 Å². The van der Waals surface area contributed by atoms with Crippen LogP contribution in [0.15, 0.2) is 46.9 Å². The quantitative estimate of drug-likeness (QED) is 0.782. The normalized spacial score (nSPS) is 10.7. The van der Waals surface area contributed by atoms with Crippen molar-refractivity contribution in [2.75, 3.05) is 0 Å². The van der Waals surface area contributed by atoms with Crippen molar-refractivity contribution in [1.82, 2.24) is 5.32 Å². The molecule has 0 radical (unpaired) electrons. The largest absolute Gasteiger partial charge is 0.309 e. The average Bonchev–Trinajstić information content (AvgIpc) is 2.38. The van der Waals surface area contributed by atoms with Crippen molar-refractivity contribution in [1.29, 1.82) is 0 Å². The van der Waals surface area contributed by atoms with Crippen molar-refractivity contribution < 1.29 is 4.39 Å². The van der Waals surface area contributed by atoms with Crippen LogP contribution < -0.4 is 5.32 Å². The van der Waals surface area contributed by atoms with E-state index in [4.69, 9.17) is 11.6 Å². The molecule has 0 saturated heterocycles. The molecule has 0 saturated carbocycles. The predicted octanol–water partition coefficient (Wildman–Crippen LogP) is 4.62. The summed E-state index contributed by atoms with van der Waals surface area (Å²) in [6.07, 6.45) is 0. The third-order valence-electron chi connectivity index (χ3n) is 2.73. The molecule has 0 fully saturated rings. The van der Waals surface area contributed by atoms with Crippen LogP contribution in [0, 0.1) is 5.82 Å². The standard InChI is InChI=1S/C15H14BrClFN/c16-14-5-13(6-15(18)7-14)10-19-9-12-3-1-2-11(4-12)8-17/h1-7,19H,8-10H2. The summed E-state index contributed by atoms with van der Waals surface area (Å²) in [5, 5.41) is 3.29. The molecule has 19 heavy (non-hydrogen) atoms. The highest BCUT2D eigenvalue weighted by molar-refractivity contribution is 9.10. The summed E-state index contributed by atoms with van der Waals surface area (Å²) in [6, 6.07) is 13.0. The summed E-state index contributed by atoms with van der Waals surface area (Å²) in [7, 11) is 0. The molecule has 0 unspecified atom stereocenters. The number of hydrogen-bond acceptors (Lipinski definition) is 1. The third-order valence-corrected chi connectivity index (χ3v) is 3.49. The molecule has 0 spiro atoms. The number of hydrogen-bond donors (Lipinski definition) is 1. The number of rotatable bonds is 5. The van der Waals surface area contributed by atoms with Crippen LogP contribution in [0.5, 0.6) is 0 Å². The molecule has 1 nitrogen and oxygen atoms in total. The average molecular weight is 343 g/mol. The summed E-state index contributed by atoms with van der Waals surface area (Å²) in [5.41, 5.74) is 3.20. The summed E-state index contributed by atoms with van der Waals surface area (Å²) in [6.45, 7) is 1.36. The van der Waals surface area contributed by atoms with Gasteiger partial charge in [-0.15, -0.1) is 11.6 Å². The van der Waals surface area contributed by atoms with Crippen molar-refractivity contribution in [2.45, 2.75) is 19.0 Å². The Labute approximate surface area is 125 Å². The van der Waals surface area contributed by atoms with E-state index < -0.39 is 0 Å². The first kappa shape index (κ1) is 14.5. The second-order valence-electron chi connectivity index (χ2n) is 4.33. The van der Waals surface area contributed by atoms with Gasteiger partial charge in [0.05, 0.1) is 0 Å². The predicted molar refractivity (Wildman–Crippen MR) is 80.6 cm³/mol. The highest BCUT2D eigenvalue weighted by Crippen LogP contribution is 2.15. The van der Waals surface area contributed by atoms with E-state index in [1.165, 1.54) is 17.7 Å². The minimum Gasteiger partial charge on any atom is -0.309 e. The first-order chi connectivity index (χ1) is 9.17. The summed E-state index contributed by atoms with van der Waals surface area (Å²) in [5.74, 6) is 0.292. The smallest absolute Gasteiger partial charge is 0.124 e. The highest BCUT2D eigenvalue weighted by Gasteiger charge is 2.00. The van der Waals surface area contributed by atoms with Crippen LogP contribution in [0.25, 0.3) is 0 Å². The molecule has 4 heteroatoms. The second kappa shape index (κ2) is 7.04. The molecule has 0 amide bonds. The van der Waals surface area contributed by atoms with E-state index in [1.54, 1.807) is 0 Å². The van der Waals surface area contributed by atoms with E-state index in [9.17, 15) is 4.39 Å². The first-order valence-corrected chi connectivity index (χ1v) is 7.29. The maximum Gasteiger partial charge on any atom is 0.124 e. The van der Waals surface area contributed by atoms with Crippen LogP contribution in [0.3, 0.4) is 0 Å². The minimum absolute atomic E-state index is 0.227. The Kier molecular flexibility index (Phi) is 5.37. The lowest BCUT2D eigenvalue weighted by Gasteiger charge is -2.07. The van der Waals surface area contributed by atoms with Crippen LogP contribution in [-0.2, 0) is 19.0 Å². The fourth-order valence-corrected chi connectivity index (χ4v) is 2.57. The molecule has 1 N–H and O–H groups in total. The molecule has 2 aromatic carbocycles. The van der Waals surface area contributed by atoms with Crippen molar-refractivity contribution in [3.63, 3.8) is 0 Å². The highest BCUT2D eigenvalue weighted by atomic mass is 79.9. The lowest BCUT2D eigenvalue weighted by Crippen LogP contribution is -2.13. The van der Waals surface area contributed by atoms with Gasteiger partial charge in [0.15, 0.2) is 0 Å². The van der Waals surface area contributed by atoms with Gasteiger partial charge < -0.3 is 5.32 Å². The fraction of sp³-hybridized carbons (Fsp3) is 0.200. The van der Waals surface area contributed by atoms with Gasteiger partial charge in [0.2, 0.25) is 0 Å². The van der Waals surface area contributed by atoms with Gasteiger partial charge in [-0.2, -0.15) is 0 Å². The topological polar surface area (TPSA) is 12.0 Å². The van der Waals surface area contributed by atoms with Crippen LogP contribution >= 0.6 is 27.5 Å². The number of benzene rings is 2. The number of halogens is 3. The third kappa shape index (κ3) is 4.60. The molecule has 0 bridgehead atoms. The summed E-state index contributed by atoms with van der Waals surface area (Å²) in [4.78, 5) is 0. The Morgan fingerprint density at radius 2 is 1.74 bits per heavy atom. The molecule has 100 valence electrons. The van der Waals surface area contributed by atoms with E-state index in [1.807, 2.05) is 24.3 Å². The zero-order chi connectivity index (χ0) is 13.7. The SMILES string of the molecule is Fc1cc(Br)cc(CNCc2cccc(CCl)c2)c1. The Morgan fingerprint density at radius 1 is 1.00 bits per heavy atom. The molecule has 2 aromatic rings. The van der Waals surface area contributed by atoms with Crippen molar-refractivity contribution in [2.24, 2.45) is 0 Å². The Hall–Kier alpha value is -0.900. The number of alkyl halides is 1. The maximum absolute atomic E-state index is 13.2. The van der Waals surface area contributed by atoms with Crippen molar-refractivity contribution in [3.05, 3.63) is 69.4 Å². The summed E-state index contributed by atoms with van der Waals surface area (Å²) < 4.78 is 14.0. The van der Waals surface area contributed by atoms with Crippen LogP contribution in [0.2, 0.25) is 0 Å². The monoisotopic (exact) mass is 341 g/mol. The zero-order valence-electron chi connectivity index (χ0n) is 10.3. The molecule has 0 aliphatic carbocycles. The molecule has 0 aliphatic rings. The maximum atomic E-state index is 13.2. The first-order valence-electron chi connectivity index (χ1n) is 5.97. The van der Waals surface area contributed by atoms with Crippen LogP contribution in [-0.4, -0.2) is 0 Å². The Bertz CT molecular complexity index is 539. The van der Waals surface area contributed by atoms with Gasteiger partial charge in [-0.05, 0) is 34.9 Å². The Morgan fingerprint density at radius 3 is 2.47 bits per heavy atom. The fourth-order valence-electron chi connectivity index (χ4n) is 1.89. The molecule has 0 atom stereocenters. The zero-order valence-corrected chi connectivity index (χ0v) is 12.6. The van der Waals surface area contributed by atoms with E-state index in [0.717, 1.165) is 22.1 Å². The second-order valence-corrected chi connectivity index (χ2v) is 5.52. The van der Waals surface area contributed by atoms with Gasteiger partial charge in [-0.25, -0.2) is 4.39 Å². The van der Waals surface area contributed by atoms with Gasteiger partial charge in [-0.3, -0.25) is 0 Å². The van der Waals surface area contributed by atoms with E-state index in [2.05, 4.69) is 27.3 Å². The van der Waals surface area contributed by atoms with Crippen molar-refractivity contribution in [3.8, 4) is 0 Å². The lowest BCUT2D eigenvalue weighted by atomic mass is 10.1. The lowest BCUT2D eigenvalue weighted by molar-refractivity contribution is 0.619. The van der Waals surface area contributed by atoms with E-state index in [-0.39, 0.29) is 5.82 Å². The molecule has 0 heterocycles. The van der Waals surface area contributed by atoms with Gasteiger partial charge >= 0.3 is 0 Å². The van der Waals surface area contributed by atoms with Crippen molar-refractivity contribution >= 4 is 27.5 Å². The van der Waals surface area contributed by atoms with Crippen LogP contribution in [0.4, 0.5) is 4.39 Å².